The predicted molar refractivity (Wildman–Crippen MR) is 96.8 cm³/mol. The number of nitrogens with zero attached hydrogens (tertiary/aromatic N) is 3. The third-order valence-corrected chi connectivity index (χ3v) is 5.64. The minimum atomic E-state index is -3.66. The lowest BCUT2D eigenvalue weighted by Crippen LogP contribution is -2.34. The van der Waals surface area contributed by atoms with Crippen molar-refractivity contribution in [3.8, 4) is 0 Å². The van der Waals surface area contributed by atoms with Gasteiger partial charge in [0.1, 0.15) is 5.75 Å². The molecular weight excluding hydrogens is 380 g/mol. The summed E-state index contributed by atoms with van der Waals surface area (Å²) in [6.45, 7) is 6.98. The van der Waals surface area contributed by atoms with E-state index in [4.69, 9.17) is 16.1 Å². The van der Waals surface area contributed by atoms with Crippen LogP contribution in [0.15, 0.2) is 33.7 Å². The van der Waals surface area contributed by atoms with Crippen molar-refractivity contribution < 1.29 is 17.7 Å². The molecule has 0 saturated carbocycles. The molecule has 1 amide bonds. The number of carbonyl (C=O) groups excluding carboxylic acids is 1. The third kappa shape index (κ3) is 5.52. The summed E-state index contributed by atoms with van der Waals surface area (Å²) < 4.78 is 29.5. The molecule has 1 N–H and O–H groups in total. The number of amides is 1. The van der Waals surface area contributed by atoms with Gasteiger partial charge < -0.3 is 14.7 Å². The number of likely N-dealkylation sites (N-methyl/N-ethyl adjacent to an activating group) is 1. The maximum Gasteiger partial charge on any atom is 0.315 e. The number of halogens is 1. The van der Waals surface area contributed by atoms with Gasteiger partial charge in [0.15, 0.2) is 15.7 Å². The summed E-state index contributed by atoms with van der Waals surface area (Å²) in [6, 6.07) is 5.77. The lowest BCUT2D eigenvalue weighted by molar-refractivity contribution is 0.0905. The molecule has 10 heteroatoms. The maximum absolute atomic E-state index is 12.3. The lowest BCUT2D eigenvalue weighted by Gasteiger charge is -2.17. The minimum Gasteiger partial charge on any atom is -0.347 e. The van der Waals surface area contributed by atoms with Crippen molar-refractivity contribution >= 4 is 27.3 Å². The van der Waals surface area contributed by atoms with Crippen molar-refractivity contribution in [1.82, 2.24) is 20.4 Å². The van der Waals surface area contributed by atoms with E-state index in [1.807, 2.05) is 13.8 Å². The highest BCUT2D eigenvalue weighted by molar-refractivity contribution is 7.90. The number of rotatable bonds is 9. The van der Waals surface area contributed by atoms with Crippen LogP contribution in [0.25, 0.3) is 0 Å². The number of carbonyl (C=O) groups is 1. The van der Waals surface area contributed by atoms with E-state index in [9.17, 15) is 13.2 Å². The molecule has 0 saturated heterocycles. The van der Waals surface area contributed by atoms with E-state index in [-0.39, 0.29) is 16.6 Å². The van der Waals surface area contributed by atoms with Crippen LogP contribution in [-0.2, 0) is 15.6 Å². The zero-order chi connectivity index (χ0) is 19.2. The van der Waals surface area contributed by atoms with E-state index in [2.05, 4.69) is 20.4 Å². The van der Waals surface area contributed by atoms with Gasteiger partial charge in [-0.05, 0) is 37.4 Å². The quantitative estimate of drug-likeness (QED) is 0.683. The number of nitrogens with one attached hydrogen (secondary N) is 1. The highest BCUT2D eigenvalue weighted by atomic mass is 35.5. The summed E-state index contributed by atoms with van der Waals surface area (Å²) in [5, 5.41) is 6.69. The molecule has 142 valence electrons. The van der Waals surface area contributed by atoms with E-state index in [0.29, 0.717) is 18.1 Å². The van der Waals surface area contributed by atoms with Crippen LogP contribution in [0.5, 0.6) is 0 Å². The molecule has 0 atom stereocenters. The minimum absolute atomic E-state index is 0.0751. The highest BCUT2D eigenvalue weighted by Crippen LogP contribution is 2.18. The van der Waals surface area contributed by atoms with Crippen molar-refractivity contribution in [3.63, 3.8) is 0 Å². The summed E-state index contributed by atoms with van der Waals surface area (Å²) >= 11 is 5.76. The zero-order valence-corrected chi connectivity index (χ0v) is 16.2. The van der Waals surface area contributed by atoms with Gasteiger partial charge in [-0.1, -0.05) is 30.6 Å². The Labute approximate surface area is 157 Å². The Morgan fingerprint density at radius 2 is 1.88 bits per heavy atom. The molecule has 0 radical (unpaired) electrons. The van der Waals surface area contributed by atoms with Crippen LogP contribution in [0.3, 0.4) is 0 Å². The summed E-state index contributed by atoms with van der Waals surface area (Å²) in [6.07, 6.45) is 0. The van der Waals surface area contributed by atoms with Gasteiger partial charge in [0.25, 0.3) is 0 Å². The Morgan fingerprint density at radius 1 is 1.23 bits per heavy atom. The van der Waals surface area contributed by atoms with Crippen LogP contribution in [0.1, 0.15) is 30.4 Å². The molecule has 26 heavy (non-hydrogen) atoms. The summed E-state index contributed by atoms with van der Waals surface area (Å²) in [5.41, 5.74) is 0. The van der Waals surface area contributed by atoms with Crippen LogP contribution in [-0.4, -0.2) is 55.5 Å². The van der Waals surface area contributed by atoms with Crippen molar-refractivity contribution in [1.29, 1.82) is 0 Å². The number of hydrogen-bond donors (Lipinski definition) is 1. The van der Waals surface area contributed by atoms with Gasteiger partial charge in [-0.3, -0.25) is 4.79 Å². The highest BCUT2D eigenvalue weighted by Gasteiger charge is 2.21. The third-order valence-electron chi connectivity index (χ3n) is 3.76. The van der Waals surface area contributed by atoms with Crippen LogP contribution in [0.2, 0.25) is 5.02 Å². The van der Waals surface area contributed by atoms with Gasteiger partial charge in [-0.15, -0.1) is 0 Å². The van der Waals surface area contributed by atoms with Crippen LogP contribution >= 0.6 is 11.6 Å². The van der Waals surface area contributed by atoms with Gasteiger partial charge in [-0.2, -0.15) is 4.98 Å². The average molecular weight is 401 g/mol. The SMILES string of the molecule is CCN(CC)CCNC(=O)c1nc(CS(=O)(=O)c2ccc(Cl)cc2)no1. The Bertz CT molecular complexity index is 832. The van der Waals surface area contributed by atoms with Crippen molar-refractivity contribution in [2.24, 2.45) is 0 Å². The second-order valence-corrected chi connectivity index (χ2v) is 7.94. The average Bonchev–Trinajstić information content (AvgIpc) is 3.07. The molecule has 1 heterocycles. The van der Waals surface area contributed by atoms with Crippen LogP contribution in [0, 0.1) is 0 Å². The van der Waals surface area contributed by atoms with E-state index in [0.717, 1.165) is 13.1 Å². The van der Waals surface area contributed by atoms with Gasteiger partial charge >= 0.3 is 11.8 Å². The van der Waals surface area contributed by atoms with E-state index in [1.54, 1.807) is 0 Å². The van der Waals surface area contributed by atoms with Crippen molar-refractivity contribution in [2.45, 2.75) is 24.5 Å². The standard InChI is InChI=1S/C16H21ClN4O4S/c1-3-21(4-2)10-9-18-15(22)16-19-14(20-25-16)11-26(23,24)13-7-5-12(17)6-8-13/h5-8H,3-4,9-11H2,1-2H3,(H,18,22). The number of benzene rings is 1. The Hall–Kier alpha value is -1.97. The van der Waals surface area contributed by atoms with Crippen molar-refractivity contribution in [3.05, 3.63) is 41.0 Å². The number of hydrogen-bond acceptors (Lipinski definition) is 7. The molecule has 8 nitrogen and oxygen atoms in total. The molecule has 0 unspecified atom stereocenters. The molecule has 0 bridgehead atoms. The first-order valence-corrected chi connectivity index (χ1v) is 10.2. The van der Waals surface area contributed by atoms with Gasteiger partial charge in [0.05, 0.1) is 4.90 Å². The predicted octanol–water partition coefficient (Wildman–Crippen LogP) is 1.77. The second kappa shape index (κ2) is 9.11. The molecule has 0 aliphatic carbocycles. The number of sulfone groups is 1. The summed E-state index contributed by atoms with van der Waals surface area (Å²) in [7, 11) is -3.66. The fourth-order valence-electron chi connectivity index (χ4n) is 2.24. The fourth-order valence-corrected chi connectivity index (χ4v) is 3.54. The van der Waals surface area contributed by atoms with Crippen LogP contribution < -0.4 is 5.32 Å². The Balaban J connectivity index is 1.96. The normalized spacial score (nSPS) is 11.7. The van der Waals surface area contributed by atoms with Gasteiger partial charge in [0, 0.05) is 18.1 Å². The fraction of sp³-hybridized carbons (Fsp3) is 0.438. The maximum atomic E-state index is 12.3. The summed E-state index contributed by atoms with van der Waals surface area (Å²) in [5.74, 6) is -1.33. The molecule has 0 aliphatic heterocycles. The molecule has 1 aromatic heterocycles. The van der Waals surface area contributed by atoms with E-state index in [1.165, 1.54) is 24.3 Å². The van der Waals surface area contributed by atoms with Crippen molar-refractivity contribution in [2.75, 3.05) is 26.2 Å². The molecule has 2 aromatic rings. The lowest BCUT2D eigenvalue weighted by atomic mass is 10.4. The molecule has 0 aliphatic rings. The molecule has 2 rings (SSSR count). The Morgan fingerprint density at radius 3 is 2.50 bits per heavy atom. The van der Waals surface area contributed by atoms with E-state index >= 15 is 0 Å². The molecule has 0 spiro atoms. The molecule has 1 aromatic carbocycles. The zero-order valence-electron chi connectivity index (χ0n) is 14.6. The van der Waals surface area contributed by atoms with Crippen LogP contribution in [0.4, 0.5) is 0 Å². The largest absolute Gasteiger partial charge is 0.347 e. The Kier molecular flexibility index (Phi) is 7.13. The molecule has 0 fully saturated rings. The van der Waals surface area contributed by atoms with Gasteiger partial charge in [-0.25, -0.2) is 8.42 Å². The topological polar surface area (TPSA) is 105 Å². The second-order valence-electron chi connectivity index (χ2n) is 5.51. The van der Waals surface area contributed by atoms with Gasteiger partial charge in [0.2, 0.25) is 0 Å². The van der Waals surface area contributed by atoms with E-state index < -0.39 is 21.5 Å². The first-order chi connectivity index (χ1) is 12.4. The first-order valence-electron chi connectivity index (χ1n) is 8.17. The number of aromatic nitrogens is 2. The smallest absolute Gasteiger partial charge is 0.315 e. The summed E-state index contributed by atoms with van der Waals surface area (Å²) in [4.78, 5) is 18.1. The monoisotopic (exact) mass is 400 g/mol. The molecular formula is C16H21ClN4O4S. The first kappa shape index (κ1) is 20.3.